The average molecular weight is 542 g/mol. The molecule has 0 spiro atoms. The average Bonchev–Trinajstić information content (AvgIpc) is 2.89. The molecule has 0 aliphatic carbocycles. The maximum Gasteiger partial charge on any atom is 0.264 e. The number of aryl methyl sites for hydroxylation is 1. The van der Waals surface area contributed by atoms with Gasteiger partial charge in [-0.1, -0.05) is 72.6 Å². The van der Waals surface area contributed by atoms with E-state index in [1.54, 1.807) is 37.3 Å². The summed E-state index contributed by atoms with van der Waals surface area (Å²) in [6, 6.07) is 21.2. The molecule has 0 aliphatic heterocycles. The van der Waals surface area contributed by atoms with Crippen LogP contribution in [0.2, 0.25) is 5.02 Å². The number of carbonyl (C=O) groups is 2. The molecule has 3 aromatic carbocycles. The summed E-state index contributed by atoms with van der Waals surface area (Å²) in [6.07, 6.45) is 0.752. The fourth-order valence-electron chi connectivity index (χ4n) is 3.76. The maximum absolute atomic E-state index is 13.8. The molecule has 3 rings (SSSR count). The Kier molecular flexibility index (Phi) is 9.72. The van der Waals surface area contributed by atoms with Crippen LogP contribution < -0.4 is 9.62 Å². The minimum absolute atomic E-state index is 0.0502. The van der Waals surface area contributed by atoms with Crippen LogP contribution in [-0.4, -0.2) is 44.3 Å². The van der Waals surface area contributed by atoms with Crippen molar-refractivity contribution >= 4 is 39.1 Å². The lowest BCUT2D eigenvalue weighted by molar-refractivity contribution is -0.139. The molecule has 0 aliphatic rings. The second-order valence-electron chi connectivity index (χ2n) is 8.78. The van der Waals surface area contributed by atoms with Crippen LogP contribution in [0.4, 0.5) is 5.69 Å². The number of amides is 2. The summed E-state index contributed by atoms with van der Waals surface area (Å²) in [5.74, 6) is -0.819. The molecule has 1 atom stereocenters. The number of halogens is 1. The van der Waals surface area contributed by atoms with Crippen molar-refractivity contribution in [2.45, 2.75) is 44.7 Å². The molecule has 0 saturated heterocycles. The fraction of sp³-hybridized carbons (Fsp3) is 0.286. The van der Waals surface area contributed by atoms with Gasteiger partial charge in [0.15, 0.2) is 0 Å². The molecule has 2 amide bonds. The summed E-state index contributed by atoms with van der Waals surface area (Å²) in [5, 5.41) is 3.16. The fourth-order valence-corrected chi connectivity index (χ4v) is 5.35. The Morgan fingerprint density at radius 1 is 0.973 bits per heavy atom. The third kappa shape index (κ3) is 7.33. The zero-order valence-electron chi connectivity index (χ0n) is 21.2. The number of anilines is 1. The predicted molar refractivity (Wildman–Crippen MR) is 147 cm³/mol. The highest BCUT2D eigenvalue weighted by Gasteiger charge is 2.32. The lowest BCUT2D eigenvalue weighted by Gasteiger charge is -2.32. The van der Waals surface area contributed by atoms with Gasteiger partial charge >= 0.3 is 0 Å². The highest BCUT2D eigenvalue weighted by Crippen LogP contribution is 2.27. The SMILES string of the molecule is CCCNC(=O)C(C)N(Cc1ccccc1)C(=O)CN(c1cccc(Cl)c1)S(=O)(=O)c1ccc(C)cc1. The Morgan fingerprint density at radius 3 is 2.27 bits per heavy atom. The minimum Gasteiger partial charge on any atom is -0.354 e. The lowest BCUT2D eigenvalue weighted by atomic mass is 10.1. The van der Waals surface area contributed by atoms with Gasteiger partial charge in [0.05, 0.1) is 10.6 Å². The van der Waals surface area contributed by atoms with Gasteiger partial charge in [0.1, 0.15) is 12.6 Å². The summed E-state index contributed by atoms with van der Waals surface area (Å²) in [6.45, 7) is 5.57. The molecule has 1 unspecified atom stereocenters. The second-order valence-corrected chi connectivity index (χ2v) is 11.1. The van der Waals surface area contributed by atoms with Crippen molar-refractivity contribution in [1.82, 2.24) is 10.2 Å². The Labute approximate surface area is 224 Å². The quantitative estimate of drug-likeness (QED) is 0.378. The number of benzene rings is 3. The molecule has 9 heteroatoms. The van der Waals surface area contributed by atoms with Gasteiger partial charge in [0, 0.05) is 18.1 Å². The molecule has 0 fully saturated rings. The van der Waals surface area contributed by atoms with Crippen molar-refractivity contribution in [1.29, 1.82) is 0 Å². The Hall–Kier alpha value is -3.36. The van der Waals surface area contributed by atoms with E-state index in [4.69, 9.17) is 11.6 Å². The molecule has 0 radical (unpaired) electrons. The lowest BCUT2D eigenvalue weighted by Crippen LogP contribution is -2.51. The summed E-state index contributed by atoms with van der Waals surface area (Å²) in [7, 11) is -4.12. The normalized spacial score (nSPS) is 12.0. The molecular formula is C28H32ClN3O4S. The molecule has 7 nitrogen and oxygen atoms in total. The van der Waals surface area contributed by atoms with Crippen LogP contribution in [0.25, 0.3) is 0 Å². The highest BCUT2D eigenvalue weighted by molar-refractivity contribution is 7.92. The number of hydrogen-bond acceptors (Lipinski definition) is 4. The van der Waals surface area contributed by atoms with E-state index in [0.29, 0.717) is 11.6 Å². The monoisotopic (exact) mass is 541 g/mol. The van der Waals surface area contributed by atoms with Crippen LogP contribution in [0, 0.1) is 6.92 Å². The zero-order valence-corrected chi connectivity index (χ0v) is 22.8. The standard InChI is InChI=1S/C28H32ClN3O4S/c1-4-17-30-28(34)22(3)31(19-23-9-6-5-7-10-23)27(33)20-32(25-12-8-11-24(29)18-25)37(35,36)26-15-13-21(2)14-16-26/h5-16,18,22H,4,17,19-20H2,1-3H3,(H,30,34). The highest BCUT2D eigenvalue weighted by atomic mass is 35.5. The number of rotatable bonds is 11. The molecule has 37 heavy (non-hydrogen) atoms. The molecule has 0 saturated carbocycles. The van der Waals surface area contributed by atoms with Gasteiger partial charge in [-0.3, -0.25) is 13.9 Å². The Bertz CT molecular complexity index is 1310. The Morgan fingerprint density at radius 2 is 1.65 bits per heavy atom. The van der Waals surface area contributed by atoms with Gasteiger partial charge in [0.25, 0.3) is 10.0 Å². The van der Waals surface area contributed by atoms with Crippen LogP contribution in [0.5, 0.6) is 0 Å². The molecule has 0 bridgehead atoms. The molecule has 0 aromatic heterocycles. The van der Waals surface area contributed by atoms with Crippen molar-refractivity contribution in [2.75, 3.05) is 17.4 Å². The summed E-state index contributed by atoms with van der Waals surface area (Å²) in [4.78, 5) is 28.1. The first kappa shape index (κ1) is 28.2. The van der Waals surface area contributed by atoms with Gasteiger partial charge in [-0.05, 0) is 56.2 Å². The van der Waals surface area contributed by atoms with Gasteiger partial charge in [-0.15, -0.1) is 0 Å². The predicted octanol–water partition coefficient (Wildman–Crippen LogP) is 4.79. The topological polar surface area (TPSA) is 86.8 Å². The van der Waals surface area contributed by atoms with Crippen LogP contribution in [0.3, 0.4) is 0 Å². The van der Waals surface area contributed by atoms with E-state index >= 15 is 0 Å². The van der Waals surface area contributed by atoms with Gasteiger partial charge < -0.3 is 10.2 Å². The number of hydrogen-bond donors (Lipinski definition) is 1. The van der Waals surface area contributed by atoms with Crippen molar-refractivity contribution in [3.8, 4) is 0 Å². The largest absolute Gasteiger partial charge is 0.354 e. The van der Waals surface area contributed by atoms with Gasteiger partial charge in [-0.2, -0.15) is 0 Å². The second kappa shape index (κ2) is 12.7. The van der Waals surface area contributed by atoms with E-state index in [1.807, 2.05) is 44.2 Å². The van der Waals surface area contributed by atoms with Crippen molar-refractivity contribution < 1.29 is 18.0 Å². The molecule has 3 aromatic rings. The number of nitrogens with one attached hydrogen (secondary N) is 1. The van der Waals surface area contributed by atoms with E-state index in [2.05, 4.69) is 5.32 Å². The maximum atomic E-state index is 13.8. The van der Waals surface area contributed by atoms with Crippen molar-refractivity contribution in [3.63, 3.8) is 0 Å². The van der Waals surface area contributed by atoms with E-state index in [-0.39, 0.29) is 23.0 Å². The first-order chi connectivity index (χ1) is 17.6. The minimum atomic E-state index is -4.12. The van der Waals surface area contributed by atoms with Crippen LogP contribution >= 0.6 is 11.6 Å². The van der Waals surface area contributed by atoms with Crippen LogP contribution in [0.1, 0.15) is 31.4 Å². The molecule has 196 valence electrons. The number of sulfonamides is 1. The van der Waals surface area contributed by atoms with E-state index in [9.17, 15) is 18.0 Å². The summed E-state index contributed by atoms with van der Waals surface area (Å²) < 4.78 is 28.5. The molecule has 1 N–H and O–H groups in total. The van der Waals surface area contributed by atoms with Crippen LogP contribution in [0.15, 0.2) is 83.8 Å². The van der Waals surface area contributed by atoms with Gasteiger partial charge in [0.2, 0.25) is 11.8 Å². The van der Waals surface area contributed by atoms with Crippen molar-refractivity contribution in [3.05, 3.63) is 95.0 Å². The first-order valence-corrected chi connectivity index (χ1v) is 13.9. The smallest absolute Gasteiger partial charge is 0.264 e. The third-order valence-corrected chi connectivity index (χ3v) is 7.92. The van der Waals surface area contributed by atoms with E-state index < -0.39 is 28.5 Å². The van der Waals surface area contributed by atoms with Crippen LogP contribution in [-0.2, 0) is 26.2 Å². The number of nitrogens with zero attached hydrogens (tertiary/aromatic N) is 2. The Balaban J connectivity index is 2.00. The number of carbonyl (C=O) groups excluding carboxylic acids is 2. The zero-order chi connectivity index (χ0) is 27.0. The third-order valence-electron chi connectivity index (χ3n) is 5.90. The van der Waals surface area contributed by atoms with Gasteiger partial charge in [-0.25, -0.2) is 8.42 Å². The van der Waals surface area contributed by atoms with Crippen molar-refractivity contribution in [2.24, 2.45) is 0 Å². The molecule has 0 heterocycles. The summed E-state index contributed by atoms with van der Waals surface area (Å²) >= 11 is 6.18. The summed E-state index contributed by atoms with van der Waals surface area (Å²) in [5.41, 5.74) is 1.98. The molecular weight excluding hydrogens is 510 g/mol. The van der Waals surface area contributed by atoms with E-state index in [1.165, 1.54) is 23.1 Å². The van der Waals surface area contributed by atoms with E-state index in [0.717, 1.165) is 21.9 Å². The first-order valence-electron chi connectivity index (χ1n) is 12.1.